The third-order valence-corrected chi connectivity index (χ3v) is 3.54. The summed E-state index contributed by atoms with van der Waals surface area (Å²) in [7, 11) is 0. The van der Waals surface area contributed by atoms with Crippen LogP contribution in [0.2, 0.25) is 0 Å². The lowest BCUT2D eigenvalue weighted by Crippen LogP contribution is -2.30. The van der Waals surface area contributed by atoms with Crippen molar-refractivity contribution in [3.05, 3.63) is 29.1 Å². The highest BCUT2D eigenvalue weighted by atomic mass is 16.1. The maximum Gasteiger partial charge on any atom is 0.225 e. The van der Waals surface area contributed by atoms with Gasteiger partial charge in [0.25, 0.3) is 0 Å². The Morgan fingerprint density at radius 1 is 1.38 bits per heavy atom. The Bertz CT molecular complexity index is 608. The van der Waals surface area contributed by atoms with Gasteiger partial charge in [0.2, 0.25) is 5.91 Å². The molecular formula is C14H22N6O. The molecule has 0 aliphatic heterocycles. The van der Waals surface area contributed by atoms with Crippen molar-refractivity contribution in [2.45, 2.75) is 53.1 Å². The summed E-state index contributed by atoms with van der Waals surface area (Å²) in [4.78, 5) is 12.2. The second-order valence-electron chi connectivity index (χ2n) is 5.57. The molecule has 7 nitrogen and oxygen atoms in total. The van der Waals surface area contributed by atoms with E-state index in [1.54, 1.807) is 6.33 Å². The molecule has 0 fully saturated rings. The number of amides is 1. The summed E-state index contributed by atoms with van der Waals surface area (Å²) in [5.74, 6) is 0.715. The number of nitrogens with zero attached hydrogens (tertiary/aromatic N) is 4. The van der Waals surface area contributed by atoms with Gasteiger partial charge in [-0.15, -0.1) is 10.2 Å². The van der Waals surface area contributed by atoms with Gasteiger partial charge in [-0.3, -0.25) is 9.89 Å². The van der Waals surface area contributed by atoms with E-state index in [1.807, 2.05) is 25.3 Å². The first-order valence-corrected chi connectivity index (χ1v) is 7.09. The van der Waals surface area contributed by atoms with Gasteiger partial charge in [0.05, 0.1) is 18.2 Å². The fourth-order valence-electron chi connectivity index (χ4n) is 2.31. The minimum atomic E-state index is -0.185. The lowest BCUT2D eigenvalue weighted by atomic mass is 10.1. The summed E-state index contributed by atoms with van der Waals surface area (Å²) in [6.45, 7) is 9.83. The van der Waals surface area contributed by atoms with Crippen molar-refractivity contribution >= 4 is 5.91 Å². The first-order chi connectivity index (χ1) is 9.90. The van der Waals surface area contributed by atoms with Crippen LogP contribution in [0.25, 0.3) is 0 Å². The second kappa shape index (κ2) is 6.07. The van der Waals surface area contributed by atoms with Crippen molar-refractivity contribution in [1.29, 1.82) is 0 Å². The van der Waals surface area contributed by atoms with Crippen molar-refractivity contribution in [3.8, 4) is 0 Å². The third kappa shape index (κ3) is 3.29. The van der Waals surface area contributed by atoms with Crippen LogP contribution in [0.3, 0.4) is 0 Å². The Labute approximate surface area is 124 Å². The Morgan fingerprint density at radius 3 is 2.67 bits per heavy atom. The quantitative estimate of drug-likeness (QED) is 0.875. The van der Waals surface area contributed by atoms with Crippen LogP contribution in [0, 0.1) is 13.8 Å². The highest BCUT2D eigenvalue weighted by Gasteiger charge is 2.18. The van der Waals surface area contributed by atoms with Gasteiger partial charge in [-0.05, 0) is 34.6 Å². The van der Waals surface area contributed by atoms with E-state index in [4.69, 9.17) is 0 Å². The molecule has 1 unspecified atom stereocenters. The lowest BCUT2D eigenvalue weighted by molar-refractivity contribution is -0.121. The lowest BCUT2D eigenvalue weighted by Gasteiger charge is -2.17. The molecule has 2 rings (SSSR count). The van der Waals surface area contributed by atoms with Crippen LogP contribution in [-0.4, -0.2) is 30.9 Å². The summed E-state index contributed by atoms with van der Waals surface area (Å²) in [6, 6.07) is 0.0719. The predicted octanol–water partition coefficient (Wildman–Crippen LogP) is 1.62. The maximum absolute atomic E-state index is 12.2. The Balaban J connectivity index is 2.04. The molecule has 7 heteroatoms. The number of H-pyrrole nitrogens is 1. The van der Waals surface area contributed by atoms with Gasteiger partial charge in [-0.2, -0.15) is 5.10 Å². The number of aromatic nitrogens is 5. The minimum absolute atomic E-state index is 0.0478. The number of aryl methyl sites for hydroxylation is 2. The Kier molecular flexibility index (Phi) is 4.40. The normalized spacial score (nSPS) is 12.7. The molecule has 1 amide bonds. The summed E-state index contributed by atoms with van der Waals surface area (Å²) in [5.41, 5.74) is 2.74. The van der Waals surface area contributed by atoms with Crippen LogP contribution in [0.5, 0.6) is 0 Å². The van der Waals surface area contributed by atoms with Crippen molar-refractivity contribution in [2.75, 3.05) is 0 Å². The first-order valence-electron chi connectivity index (χ1n) is 7.09. The van der Waals surface area contributed by atoms with Gasteiger partial charge >= 0.3 is 0 Å². The number of hydrogen-bond donors (Lipinski definition) is 2. The second-order valence-corrected chi connectivity index (χ2v) is 5.57. The van der Waals surface area contributed by atoms with Crippen LogP contribution in [0.4, 0.5) is 0 Å². The fourth-order valence-corrected chi connectivity index (χ4v) is 2.31. The van der Waals surface area contributed by atoms with E-state index < -0.39 is 0 Å². The van der Waals surface area contributed by atoms with E-state index in [-0.39, 0.29) is 18.0 Å². The standard InChI is InChI=1S/C14H22N6O/c1-8(2)20-7-15-19-14(20)11(5)16-13(21)6-12-9(3)17-18-10(12)4/h7-8,11H,6H2,1-5H3,(H,16,21)(H,17,18). The molecule has 2 aromatic rings. The maximum atomic E-state index is 12.2. The number of hydrogen-bond acceptors (Lipinski definition) is 4. The molecule has 0 spiro atoms. The van der Waals surface area contributed by atoms with E-state index in [0.717, 1.165) is 22.8 Å². The predicted molar refractivity (Wildman–Crippen MR) is 78.7 cm³/mol. The van der Waals surface area contributed by atoms with Crippen molar-refractivity contribution in [1.82, 2.24) is 30.3 Å². The third-order valence-electron chi connectivity index (χ3n) is 3.54. The van der Waals surface area contributed by atoms with Gasteiger partial charge in [0.1, 0.15) is 6.33 Å². The molecule has 0 radical (unpaired) electrons. The van der Waals surface area contributed by atoms with E-state index in [2.05, 4.69) is 39.6 Å². The summed E-state index contributed by atoms with van der Waals surface area (Å²) in [6.07, 6.45) is 2.00. The SMILES string of the molecule is Cc1n[nH]c(C)c1CC(=O)NC(C)c1nncn1C(C)C. The number of aromatic amines is 1. The van der Waals surface area contributed by atoms with Crippen molar-refractivity contribution < 1.29 is 4.79 Å². The monoisotopic (exact) mass is 290 g/mol. The fraction of sp³-hybridized carbons (Fsp3) is 0.571. The van der Waals surface area contributed by atoms with E-state index in [9.17, 15) is 4.79 Å². The van der Waals surface area contributed by atoms with Crippen LogP contribution in [-0.2, 0) is 11.2 Å². The number of carbonyl (C=O) groups is 1. The van der Waals surface area contributed by atoms with Crippen LogP contribution >= 0.6 is 0 Å². The van der Waals surface area contributed by atoms with Gasteiger partial charge in [0.15, 0.2) is 5.82 Å². The average molecular weight is 290 g/mol. The van der Waals surface area contributed by atoms with Gasteiger partial charge in [-0.1, -0.05) is 0 Å². The molecule has 1 atom stereocenters. The summed E-state index contributed by atoms with van der Waals surface area (Å²) < 4.78 is 1.96. The first kappa shape index (κ1) is 15.2. The summed E-state index contributed by atoms with van der Waals surface area (Å²) >= 11 is 0. The Morgan fingerprint density at radius 2 is 2.10 bits per heavy atom. The Hall–Kier alpha value is -2.18. The number of rotatable bonds is 5. The summed E-state index contributed by atoms with van der Waals surface area (Å²) in [5, 5.41) is 18.0. The van der Waals surface area contributed by atoms with E-state index in [0.29, 0.717) is 6.42 Å². The number of carbonyl (C=O) groups excluding carboxylic acids is 1. The van der Waals surface area contributed by atoms with E-state index >= 15 is 0 Å². The largest absolute Gasteiger partial charge is 0.346 e. The zero-order valence-electron chi connectivity index (χ0n) is 13.1. The topological polar surface area (TPSA) is 88.5 Å². The molecule has 0 bridgehead atoms. The van der Waals surface area contributed by atoms with Crippen molar-refractivity contribution in [2.24, 2.45) is 0 Å². The zero-order chi connectivity index (χ0) is 15.6. The van der Waals surface area contributed by atoms with Gasteiger partial charge < -0.3 is 9.88 Å². The molecule has 2 N–H and O–H groups in total. The molecule has 0 saturated heterocycles. The van der Waals surface area contributed by atoms with E-state index in [1.165, 1.54) is 0 Å². The van der Waals surface area contributed by atoms with Crippen LogP contribution in [0.15, 0.2) is 6.33 Å². The molecule has 2 aromatic heterocycles. The average Bonchev–Trinajstić information content (AvgIpc) is 3.01. The highest BCUT2D eigenvalue weighted by molar-refractivity contribution is 5.79. The van der Waals surface area contributed by atoms with Crippen LogP contribution < -0.4 is 5.32 Å². The molecule has 114 valence electrons. The molecule has 0 aliphatic rings. The molecule has 2 heterocycles. The molecule has 0 aromatic carbocycles. The van der Waals surface area contributed by atoms with Crippen LogP contribution in [0.1, 0.15) is 55.6 Å². The molecule has 0 saturated carbocycles. The molecular weight excluding hydrogens is 268 g/mol. The molecule has 21 heavy (non-hydrogen) atoms. The van der Waals surface area contributed by atoms with Crippen molar-refractivity contribution in [3.63, 3.8) is 0 Å². The minimum Gasteiger partial charge on any atom is -0.346 e. The zero-order valence-corrected chi connectivity index (χ0v) is 13.1. The molecule has 0 aliphatic carbocycles. The highest BCUT2D eigenvalue weighted by Crippen LogP contribution is 2.15. The number of nitrogens with one attached hydrogen (secondary N) is 2. The van der Waals surface area contributed by atoms with Gasteiger partial charge in [-0.25, -0.2) is 0 Å². The smallest absolute Gasteiger partial charge is 0.225 e. The van der Waals surface area contributed by atoms with Gasteiger partial charge in [0, 0.05) is 17.3 Å².